The molecule has 2 rings (SSSR count). The third kappa shape index (κ3) is 4.47. The number of hydrogen-bond acceptors (Lipinski definition) is 4. The van der Waals surface area contributed by atoms with Crippen molar-refractivity contribution < 1.29 is 9.84 Å². The molecular weight excluding hydrogens is 270 g/mol. The molecule has 0 spiro atoms. The van der Waals surface area contributed by atoms with E-state index < -0.39 is 6.10 Å². The van der Waals surface area contributed by atoms with E-state index in [0.29, 0.717) is 17.2 Å². The molecule has 0 aliphatic carbocycles. The van der Waals surface area contributed by atoms with Crippen molar-refractivity contribution in [2.24, 2.45) is 0 Å². The second kappa shape index (κ2) is 7.22. The fraction of sp³-hybridized carbons (Fsp3) is 0.250. The van der Waals surface area contributed by atoms with Gasteiger partial charge in [-0.05, 0) is 30.7 Å². The molecule has 0 saturated heterocycles. The Hall–Kier alpha value is -1.65. The van der Waals surface area contributed by atoms with Crippen LogP contribution in [-0.4, -0.2) is 23.6 Å². The van der Waals surface area contributed by atoms with Crippen LogP contribution in [0.4, 0.5) is 5.69 Å². The number of thioether (sulfide) groups is 1. The van der Waals surface area contributed by atoms with Gasteiger partial charge in [0.05, 0.1) is 6.10 Å². The molecule has 0 saturated carbocycles. The quantitative estimate of drug-likeness (QED) is 0.634. The van der Waals surface area contributed by atoms with E-state index in [1.807, 2.05) is 24.3 Å². The summed E-state index contributed by atoms with van der Waals surface area (Å²) in [5, 5.41) is 9.95. The minimum Gasteiger partial charge on any atom is -0.491 e. The van der Waals surface area contributed by atoms with Gasteiger partial charge in [-0.3, -0.25) is 0 Å². The van der Waals surface area contributed by atoms with E-state index in [2.05, 4.69) is 19.1 Å². The molecule has 0 bridgehead atoms. The molecule has 2 aromatic carbocycles. The van der Waals surface area contributed by atoms with E-state index in [0.717, 1.165) is 0 Å². The predicted molar refractivity (Wildman–Crippen MR) is 84.3 cm³/mol. The Bertz CT molecular complexity index is 560. The number of anilines is 1. The highest BCUT2D eigenvalue weighted by Crippen LogP contribution is 2.22. The van der Waals surface area contributed by atoms with Crippen molar-refractivity contribution in [3.63, 3.8) is 0 Å². The van der Waals surface area contributed by atoms with Gasteiger partial charge in [-0.15, -0.1) is 11.8 Å². The first-order valence-electron chi connectivity index (χ1n) is 6.50. The Morgan fingerprint density at radius 1 is 1.20 bits per heavy atom. The number of ether oxygens (including phenoxy) is 1. The van der Waals surface area contributed by atoms with Crippen molar-refractivity contribution in [2.75, 3.05) is 18.1 Å². The molecule has 0 aliphatic rings. The highest BCUT2D eigenvalue weighted by molar-refractivity contribution is 7.99. The van der Waals surface area contributed by atoms with Crippen LogP contribution in [-0.2, 0) is 0 Å². The van der Waals surface area contributed by atoms with Gasteiger partial charge in [0.15, 0.2) is 0 Å². The van der Waals surface area contributed by atoms with Crippen LogP contribution in [0.2, 0.25) is 0 Å². The molecule has 0 radical (unpaired) electrons. The summed E-state index contributed by atoms with van der Waals surface area (Å²) >= 11 is 1.64. The van der Waals surface area contributed by atoms with Gasteiger partial charge < -0.3 is 15.6 Å². The van der Waals surface area contributed by atoms with Gasteiger partial charge in [0.2, 0.25) is 0 Å². The van der Waals surface area contributed by atoms with E-state index in [-0.39, 0.29) is 6.61 Å². The van der Waals surface area contributed by atoms with Gasteiger partial charge in [0, 0.05) is 22.4 Å². The minimum atomic E-state index is -0.513. The zero-order valence-corrected chi connectivity index (χ0v) is 12.3. The van der Waals surface area contributed by atoms with Crippen LogP contribution in [0.3, 0.4) is 0 Å². The summed E-state index contributed by atoms with van der Waals surface area (Å²) in [5.74, 6) is 1.29. The van der Waals surface area contributed by atoms with E-state index in [9.17, 15) is 5.11 Å². The third-order valence-corrected chi connectivity index (χ3v) is 4.15. The molecule has 0 aliphatic heterocycles. The lowest BCUT2D eigenvalue weighted by Gasteiger charge is -2.13. The zero-order chi connectivity index (χ0) is 14.4. The molecule has 1 unspecified atom stereocenters. The Morgan fingerprint density at radius 2 is 2.00 bits per heavy atom. The van der Waals surface area contributed by atoms with Gasteiger partial charge in [0.1, 0.15) is 12.4 Å². The monoisotopic (exact) mass is 289 g/mol. The van der Waals surface area contributed by atoms with Gasteiger partial charge in [-0.25, -0.2) is 0 Å². The van der Waals surface area contributed by atoms with Crippen LogP contribution in [0.25, 0.3) is 0 Å². The van der Waals surface area contributed by atoms with E-state index in [4.69, 9.17) is 10.5 Å². The highest BCUT2D eigenvalue weighted by Gasteiger charge is 2.07. The molecule has 3 N–H and O–H groups in total. The van der Waals surface area contributed by atoms with E-state index >= 15 is 0 Å². The summed E-state index contributed by atoms with van der Waals surface area (Å²) in [5.41, 5.74) is 7.55. The van der Waals surface area contributed by atoms with Crippen molar-refractivity contribution >= 4 is 17.4 Å². The van der Waals surface area contributed by atoms with Crippen LogP contribution >= 0.6 is 11.8 Å². The largest absolute Gasteiger partial charge is 0.491 e. The second-order valence-electron chi connectivity index (χ2n) is 4.61. The fourth-order valence-corrected chi connectivity index (χ4v) is 2.69. The molecule has 3 nitrogen and oxygen atoms in total. The molecule has 20 heavy (non-hydrogen) atoms. The van der Waals surface area contributed by atoms with Gasteiger partial charge >= 0.3 is 0 Å². The minimum absolute atomic E-state index is 0.266. The van der Waals surface area contributed by atoms with Crippen LogP contribution in [0.5, 0.6) is 5.75 Å². The number of hydrogen-bond donors (Lipinski definition) is 2. The third-order valence-electron chi connectivity index (χ3n) is 2.83. The first-order chi connectivity index (χ1) is 9.65. The van der Waals surface area contributed by atoms with Crippen LogP contribution < -0.4 is 10.5 Å². The molecule has 1 atom stereocenters. The lowest BCUT2D eigenvalue weighted by atomic mass is 10.2. The maximum atomic E-state index is 9.95. The number of benzene rings is 2. The maximum absolute atomic E-state index is 9.95. The average molecular weight is 289 g/mol. The van der Waals surface area contributed by atoms with Crippen molar-refractivity contribution in [1.29, 1.82) is 0 Å². The molecular formula is C16H19NO2S. The van der Waals surface area contributed by atoms with Crippen LogP contribution in [0.1, 0.15) is 5.56 Å². The Labute approximate surface area is 123 Å². The number of aliphatic hydroxyl groups excluding tert-OH is 1. The summed E-state index contributed by atoms with van der Waals surface area (Å²) in [6.07, 6.45) is -0.513. The summed E-state index contributed by atoms with van der Waals surface area (Å²) in [6.45, 7) is 2.33. The van der Waals surface area contributed by atoms with Crippen molar-refractivity contribution in [3.05, 3.63) is 54.1 Å². The first kappa shape index (κ1) is 14.8. The average Bonchev–Trinajstić information content (AvgIpc) is 2.44. The molecule has 0 amide bonds. The Kier molecular flexibility index (Phi) is 5.32. The first-order valence-corrected chi connectivity index (χ1v) is 7.48. The summed E-state index contributed by atoms with van der Waals surface area (Å²) < 4.78 is 5.52. The lowest BCUT2D eigenvalue weighted by molar-refractivity contribution is 0.126. The van der Waals surface area contributed by atoms with E-state index in [1.165, 1.54) is 10.5 Å². The number of nitrogen functional groups attached to an aromatic ring is 1. The molecule has 4 heteroatoms. The van der Waals surface area contributed by atoms with Gasteiger partial charge in [-0.1, -0.05) is 24.3 Å². The summed E-state index contributed by atoms with van der Waals surface area (Å²) in [7, 11) is 0. The SMILES string of the molecule is Cc1ccccc1SCC(O)COc1cccc(N)c1. The van der Waals surface area contributed by atoms with Gasteiger partial charge in [0.25, 0.3) is 0 Å². The Morgan fingerprint density at radius 3 is 2.75 bits per heavy atom. The summed E-state index contributed by atoms with van der Waals surface area (Å²) in [6, 6.07) is 15.4. The molecule has 106 valence electrons. The number of nitrogens with two attached hydrogens (primary N) is 1. The zero-order valence-electron chi connectivity index (χ0n) is 11.5. The van der Waals surface area contributed by atoms with Gasteiger partial charge in [-0.2, -0.15) is 0 Å². The normalized spacial score (nSPS) is 12.1. The molecule has 2 aromatic rings. The van der Waals surface area contributed by atoms with Crippen molar-refractivity contribution in [3.8, 4) is 5.75 Å². The molecule has 0 fully saturated rings. The number of aliphatic hydroxyl groups is 1. The predicted octanol–water partition coefficient (Wildman–Crippen LogP) is 3.11. The Balaban J connectivity index is 1.78. The fourth-order valence-electron chi connectivity index (χ4n) is 1.75. The van der Waals surface area contributed by atoms with Crippen LogP contribution in [0.15, 0.2) is 53.4 Å². The highest BCUT2D eigenvalue weighted by atomic mass is 32.2. The van der Waals surface area contributed by atoms with Crippen molar-refractivity contribution in [2.45, 2.75) is 17.9 Å². The lowest BCUT2D eigenvalue weighted by Crippen LogP contribution is -2.20. The molecule has 0 heterocycles. The molecule has 0 aromatic heterocycles. The summed E-state index contributed by atoms with van der Waals surface area (Å²) in [4.78, 5) is 1.19. The van der Waals surface area contributed by atoms with Crippen molar-refractivity contribution in [1.82, 2.24) is 0 Å². The second-order valence-corrected chi connectivity index (χ2v) is 5.68. The number of aryl methyl sites for hydroxylation is 1. The number of rotatable bonds is 6. The van der Waals surface area contributed by atoms with E-state index in [1.54, 1.807) is 23.9 Å². The topological polar surface area (TPSA) is 55.5 Å². The van der Waals surface area contributed by atoms with Crippen LogP contribution in [0, 0.1) is 6.92 Å². The maximum Gasteiger partial charge on any atom is 0.121 e. The smallest absolute Gasteiger partial charge is 0.121 e. The standard InChI is InChI=1S/C16H19NO2S/c1-12-5-2-3-8-16(12)20-11-14(18)10-19-15-7-4-6-13(17)9-15/h2-9,14,18H,10-11,17H2,1H3.